The summed E-state index contributed by atoms with van der Waals surface area (Å²) >= 11 is 8.08. The molecule has 0 aliphatic rings. The highest BCUT2D eigenvalue weighted by Gasteiger charge is 2.03. The maximum Gasteiger partial charge on any atom is 0.134 e. The van der Waals surface area contributed by atoms with Crippen LogP contribution in [-0.2, 0) is 0 Å². The second kappa shape index (κ2) is 5.67. The smallest absolute Gasteiger partial charge is 0.134 e. The van der Waals surface area contributed by atoms with Gasteiger partial charge in [0.05, 0.1) is 15.2 Å². The van der Waals surface area contributed by atoms with Gasteiger partial charge in [0.15, 0.2) is 0 Å². The quantitative estimate of drug-likeness (QED) is 0.685. The lowest BCUT2D eigenvalue weighted by Gasteiger charge is -2.07. The molecule has 0 radical (unpaired) electrons. The molecule has 1 aromatic carbocycles. The first kappa shape index (κ1) is 11.1. The lowest BCUT2D eigenvalue weighted by atomic mass is 10.3. The molecule has 1 rings (SSSR count). The van der Waals surface area contributed by atoms with Gasteiger partial charge in [0.1, 0.15) is 5.75 Å². The lowest BCUT2D eigenvalue weighted by molar-refractivity contribution is 0.311. The second-order valence-corrected chi connectivity index (χ2v) is 4.03. The van der Waals surface area contributed by atoms with Crippen LogP contribution in [-0.4, -0.2) is 13.2 Å². The molecule has 0 saturated carbocycles. The standard InChI is InChI=1S/C9H11ClINO/c10-7-3-1-4-8(9(7)11)13-6-2-5-12/h1,3-4H,2,5-6,12H2. The van der Waals surface area contributed by atoms with E-state index in [2.05, 4.69) is 22.6 Å². The van der Waals surface area contributed by atoms with Crippen LogP contribution in [0.2, 0.25) is 5.02 Å². The van der Waals surface area contributed by atoms with Crippen LogP contribution < -0.4 is 10.5 Å². The van der Waals surface area contributed by atoms with Crippen LogP contribution >= 0.6 is 34.2 Å². The summed E-state index contributed by atoms with van der Waals surface area (Å²) in [6, 6.07) is 5.63. The number of halogens is 2. The van der Waals surface area contributed by atoms with Crippen LogP contribution in [0.5, 0.6) is 5.75 Å². The van der Waals surface area contributed by atoms with Crippen molar-refractivity contribution in [2.45, 2.75) is 6.42 Å². The van der Waals surface area contributed by atoms with E-state index < -0.39 is 0 Å². The summed E-state index contributed by atoms with van der Waals surface area (Å²) in [6.07, 6.45) is 0.864. The van der Waals surface area contributed by atoms with Crippen molar-refractivity contribution in [1.82, 2.24) is 0 Å². The van der Waals surface area contributed by atoms with Crippen molar-refractivity contribution in [3.8, 4) is 5.75 Å². The van der Waals surface area contributed by atoms with Gasteiger partial charge in [-0.25, -0.2) is 0 Å². The van der Waals surface area contributed by atoms with Crippen LogP contribution in [0.1, 0.15) is 6.42 Å². The Hall–Kier alpha value is -0.000000000000000111. The minimum atomic E-state index is 0.646. The van der Waals surface area contributed by atoms with Crippen LogP contribution in [0.4, 0.5) is 0 Å². The summed E-state index contributed by atoms with van der Waals surface area (Å²) in [5.74, 6) is 0.835. The number of nitrogens with two attached hydrogens (primary N) is 1. The third-order valence-electron chi connectivity index (χ3n) is 1.52. The molecule has 0 atom stereocenters. The van der Waals surface area contributed by atoms with Crippen molar-refractivity contribution >= 4 is 34.2 Å². The fraction of sp³-hybridized carbons (Fsp3) is 0.333. The molecule has 0 saturated heterocycles. The number of hydrogen-bond acceptors (Lipinski definition) is 2. The maximum absolute atomic E-state index is 5.91. The SMILES string of the molecule is NCCCOc1cccc(Cl)c1I. The van der Waals surface area contributed by atoms with Crippen LogP contribution in [0, 0.1) is 3.57 Å². The molecule has 0 heterocycles. The predicted molar refractivity (Wildman–Crippen MR) is 63.3 cm³/mol. The first-order chi connectivity index (χ1) is 6.25. The molecule has 0 spiro atoms. The largest absolute Gasteiger partial charge is 0.492 e. The molecular weight excluding hydrogens is 300 g/mol. The van der Waals surface area contributed by atoms with E-state index in [1.165, 1.54) is 0 Å². The minimum absolute atomic E-state index is 0.646. The Balaban J connectivity index is 2.61. The number of ether oxygens (including phenoxy) is 1. The summed E-state index contributed by atoms with van der Waals surface area (Å²) in [4.78, 5) is 0. The molecule has 0 fully saturated rings. The van der Waals surface area contributed by atoms with Crippen molar-refractivity contribution in [3.05, 3.63) is 26.8 Å². The molecule has 2 nitrogen and oxygen atoms in total. The zero-order valence-corrected chi connectivity index (χ0v) is 10.0. The zero-order chi connectivity index (χ0) is 9.68. The molecule has 72 valence electrons. The third-order valence-corrected chi connectivity index (χ3v) is 3.27. The van der Waals surface area contributed by atoms with Crippen LogP contribution in [0.25, 0.3) is 0 Å². The number of hydrogen-bond donors (Lipinski definition) is 1. The molecule has 0 aliphatic heterocycles. The van der Waals surface area contributed by atoms with E-state index in [0.717, 1.165) is 20.8 Å². The van der Waals surface area contributed by atoms with Gasteiger partial charge in [0, 0.05) is 0 Å². The fourth-order valence-electron chi connectivity index (χ4n) is 0.861. The molecule has 0 bridgehead atoms. The van der Waals surface area contributed by atoms with E-state index >= 15 is 0 Å². The van der Waals surface area contributed by atoms with Crippen molar-refractivity contribution in [3.63, 3.8) is 0 Å². The van der Waals surface area contributed by atoms with Crippen molar-refractivity contribution in [1.29, 1.82) is 0 Å². The van der Waals surface area contributed by atoms with E-state index in [4.69, 9.17) is 22.1 Å². The van der Waals surface area contributed by atoms with Gasteiger partial charge in [-0.05, 0) is 47.7 Å². The first-order valence-corrected chi connectivity index (χ1v) is 5.48. The summed E-state index contributed by atoms with van der Waals surface area (Å²) in [5, 5.41) is 0.728. The highest BCUT2D eigenvalue weighted by Crippen LogP contribution is 2.27. The van der Waals surface area contributed by atoms with Gasteiger partial charge < -0.3 is 10.5 Å². The van der Waals surface area contributed by atoms with E-state index in [1.807, 2.05) is 18.2 Å². The maximum atomic E-state index is 5.91. The summed E-state index contributed by atoms with van der Waals surface area (Å²) in [5.41, 5.74) is 5.35. The molecule has 13 heavy (non-hydrogen) atoms. The van der Waals surface area contributed by atoms with Gasteiger partial charge in [-0.3, -0.25) is 0 Å². The Labute approximate surface area is 96.5 Å². The molecule has 2 N–H and O–H groups in total. The van der Waals surface area contributed by atoms with Gasteiger partial charge >= 0.3 is 0 Å². The van der Waals surface area contributed by atoms with Gasteiger partial charge in [-0.1, -0.05) is 17.7 Å². The molecular formula is C9H11ClINO. The molecule has 0 unspecified atom stereocenters. The summed E-state index contributed by atoms with van der Waals surface area (Å²) in [7, 11) is 0. The first-order valence-electron chi connectivity index (χ1n) is 4.02. The van der Waals surface area contributed by atoms with Crippen LogP contribution in [0.15, 0.2) is 18.2 Å². The van der Waals surface area contributed by atoms with Crippen molar-refractivity contribution in [2.75, 3.05) is 13.2 Å². The predicted octanol–water partition coefficient (Wildman–Crippen LogP) is 2.67. The summed E-state index contributed by atoms with van der Waals surface area (Å²) < 4.78 is 6.44. The molecule has 4 heteroatoms. The fourth-order valence-corrected chi connectivity index (χ4v) is 1.54. The van der Waals surface area contributed by atoms with E-state index in [9.17, 15) is 0 Å². The molecule has 1 aromatic rings. The monoisotopic (exact) mass is 311 g/mol. The Morgan fingerprint density at radius 3 is 2.92 bits per heavy atom. The Kier molecular flexibility index (Phi) is 4.83. The lowest BCUT2D eigenvalue weighted by Crippen LogP contribution is -2.06. The highest BCUT2D eigenvalue weighted by molar-refractivity contribution is 14.1. The Bertz CT molecular complexity index is 280. The molecule has 0 amide bonds. The van der Waals surface area contributed by atoms with Gasteiger partial charge in [0.25, 0.3) is 0 Å². The average molecular weight is 312 g/mol. The normalized spacial score (nSPS) is 10.1. The third kappa shape index (κ3) is 3.32. The Morgan fingerprint density at radius 2 is 2.23 bits per heavy atom. The van der Waals surface area contributed by atoms with Crippen molar-refractivity contribution in [2.24, 2.45) is 5.73 Å². The van der Waals surface area contributed by atoms with Crippen LogP contribution in [0.3, 0.4) is 0 Å². The van der Waals surface area contributed by atoms with E-state index in [0.29, 0.717) is 13.2 Å². The molecule has 0 aromatic heterocycles. The minimum Gasteiger partial charge on any atom is -0.492 e. The number of rotatable bonds is 4. The molecule has 0 aliphatic carbocycles. The second-order valence-electron chi connectivity index (χ2n) is 2.54. The zero-order valence-electron chi connectivity index (χ0n) is 7.09. The highest BCUT2D eigenvalue weighted by atomic mass is 127. The van der Waals surface area contributed by atoms with Gasteiger partial charge in [-0.15, -0.1) is 0 Å². The van der Waals surface area contributed by atoms with E-state index in [-0.39, 0.29) is 0 Å². The average Bonchev–Trinajstić information content (AvgIpc) is 2.13. The summed E-state index contributed by atoms with van der Waals surface area (Å²) in [6.45, 7) is 1.30. The van der Waals surface area contributed by atoms with Gasteiger partial charge in [0.2, 0.25) is 0 Å². The van der Waals surface area contributed by atoms with Crippen molar-refractivity contribution < 1.29 is 4.74 Å². The topological polar surface area (TPSA) is 35.2 Å². The van der Waals surface area contributed by atoms with E-state index in [1.54, 1.807) is 0 Å². The number of benzene rings is 1. The Morgan fingerprint density at radius 1 is 1.46 bits per heavy atom. The van der Waals surface area contributed by atoms with Gasteiger partial charge in [-0.2, -0.15) is 0 Å².